The maximum atomic E-state index is 5.32. The summed E-state index contributed by atoms with van der Waals surface area (Å²) in [7, 11) is 3.89. The van der Waals surface area contributed by atoms with Gasteiger partial charge in [-0.1, -0.05) is 26.0 Å². The second-order valence-electron chi connectivity index (χ2n) is 8.96. The molecule has 6 nitrogen and oxygen atoms in total. The molecule has 0 radical (unpaired) electrons. The van der Waals surface area contributed by atoms with E-state index in [2.05, 4.69) is 64.9 Å². The van der Waals surface area contributed by atoms with Crippen molar-refractivity contribution in [3.63, 3.8) is 0 Å². The molecule has 5 rings (SSSR count). The molecule has 0 atom stereocenters. The van der Waals surface area contributed by atoms with Crippen molar-refractivity contribution in [2.24, 2.45) is 0 Å². The standard InChI is InChI=1S/C28H33N5O.ClH/c1-5-21-22(6-2)25(33-17-15-32(3)16-18-33)12-11-24(21)27-30-26-23(13-14-29-28(26)31-27)19-7-9-20(34-4)10-8-19;/h7-14H,5-6,15-18H2,1-4H3,(H,29,30,31);1H. The van der Waals surface area contributed by atoms with Gasteiger partial charge in [0.2, 0.25) is 0 Å². The van der Waals surface area contributed by atoms with E-state index >= 15 is 0 Å². The Labute approximate surface area is 213 Å². The normalized spacial score (nSPS) is 14.2. The van der Waals surface area contributed by atoms with E-state index in [9.17, 15) is 0 Å². The number of imidazole rings is 1. The lowest BCUT2D eigenvalue weighted by Gasteiger charge is -2.36. The third kappa shape index (κ3) is 4.73. The summed E-state index contributed by atoms with van der Waals surface area (Å²) in [6.45, 7) is 8.87. The van der Waals surface area contributed by atoms with Gasteiger partial charge in [-0.25, -0.2) is 9.97 Å². The Morgan fingerprint density at radius 1 is 0.886 bits per heavy atom. The molecule has 2 aromatic heterocycles. The third-order valence-electron chi connectivity index (χ3n) is 7.00. The van der Waals surface area contributed by atoms with Crippen LogP contribution in [-0.4, -0.2) is 60.2 Å². The monoisotopic (exact) mass is 491 g/mol. The zero-order chi connectivity index (χ0) is 23.7. The highest BCUT2D eigenvalue weighted by molar-refractivity contribution is 5.92. The van der Waals surface area contributed by atoms with Crippen LogP contribution in [0.3, 0.4) is 0 Å². The predicted octanol–water partition coefficient (Wildman–Crippen LogP) is 5.60. The molecule has 7 heteroatoms. The summed E-state index contributed by atoms with van der Waals surface area (Å²) in [5, 5.41) is 0. The number of aromatic nitrogens is 3. The minimum Gasteiger partial charge on any atom is -0.497 e. The fourth-order valence-corrected chi connectivity index (χ4v) is 5.09. The lowest BCUT2D eigenvalue weighted by atomic mass is 9.94. The number of nitrogens with one attached hydrogen (secondary N) is 1. The summed E-state index contributed by atoms with van der Waals surface area (Å²) in [6.07, 6.45) is 3.82. The molecule has 184 valence electrons. The van der Waals surface area contributed by atoms with Gasteiger partial charge in [-0.3, -0.25) is 0 Å². The number of ether oxygens (including phenoxy) is 1. The average molecular weight is 492 g/mol. The van der Waals surface area contributed by atoms with E-state index in [1.54, 1.807) is 7.11 Å². The molecule has 0 bridgehead atoms. The molecule has 1 saturated heterocycles. The summed E-state index contributed by atoms with van der Waals surface area (Å²) < 4.78 is 5.32. The number of aromatic amines is 1. The molecule has 0 spiro atoms. The first-order valence-electron chi connectivity index (χ1n) is 12.2. The van der Waals surface area contributed by atoms with Gasteiger partial charge in [0.1, 0.15) is 17.1 Å². The van der Waals surface area contributed by atoms with E-state index in [-0.39, 0.29) is 12.4 Å². The fraction of sp³-hybridized carbons (Fsp3) is 0.357. The molecule has 1 aliphatic rings. The van der Waals surface area contributed by atoms with Crippen LogP contribution in [0.4, 0.5) is 5.69 Å². The number of likely N-dealkylation sites (N-methyl/N-ethyl adjacent to an activating group) is 1. The van der Waals surface area contributed by atoms with Gasteiger partial charge in [-0.2, -0.15) is 0 Å². The zero-order valence-electron chi connectivity index (χ0n) is 21.0. The molecule has 0 aliphatic carbocycles. The van der Waals surface area contributed by atoms with E-state index < -0.39 is 0 Å². The number of hydrogen-bond acceptors (Lipinski definition) is 5. The maximum Gasteiger partial charge on any atom is 0.158 e. The van der Waals surface area contributed by atoms with Crippen molar-refractivity contribution in [2.45, 2.75) is 26.7 Å². The summed E-state index contributed by atoms with van der Waals surface area (Å²) >= 11 is 0. The van der Waals surface area contributed by atoms with Crippen LogP contribution in [0.15, 0.2) is 48.7 Å². The number of hydrogen-bond donors (Lipinski definition) is 1. The van der Waals surface area contributed by atoms with Crippen LogP contribution in [0, 0.1) is 0 Å². The Hall–Kier alpha value is -3.09. The molecule has 1 fully saturated rings. The number of anilines is 1. The molecular formula is C28H34ClN5O. The van der Waals surface area contributed by atoms with Gasteiger partial charge in [-0.05, 0) is 66.9 Å². The Morgan fingerprint density at radius 3 is 2.26 bits per heavy atom. The largest absolute Gasteiger partial charge is 0.497 e. The molecular weight excluding hydrogens is 458 g/mol. The molecule has 2 aromatic carbocycles. The van der Waals surface area contributed by atoms with Crippen LogP contribution in [0.1, 0.15) is 25.0 Å². The number of halogens is 1. The number of rotatable bonds is 6. The Kier molecular flexibility index (Phi) is 7.63. The minimum absolute atomic E-state index is 0. The van der Waals surface area contributed by atoms with Crippen molar-refractivity contribution in [1.82, 2.24) is 19.9 Å². The van der Waals surface area contributed by atoms with E-state index in [4.69, 9.17) is 9.72 Å². The van der Waals surface area contributed by atoms with Gasteiger partial charge in [0.05, 0.1) is 7.11 Å². The fourth-order valence-electron chi connectivity index (χ4n) is 5.09. The van der Waals surface area contributed by atoms with Crippen molar-refractivity contribution < 1.29 is 4.74 Å². The van der Waals surface area contributed by atoms with Crippen LogP contribution in [-0.2, 0) is 12.8 Å². The average Bonchev–Trinajstić information content (AvgIpc) is 3.32. The van der Waals surface area contributed by atoms with Crippen LogP contribution in [0.25, 0.3) is 33.7 Å². The number of piperazine rings is 1. The molecule has 4 aromatic rings. The van der Waals surface area contributed by atoms with Gasteiger partial charge in [0, 0.05) is 49.2 Å². The highest BCUT2D eigenvalue weighted by atomic mass is 35.5. The first-order chi connectivity index (χ1) is 16.6. The Balaban J connectivity index is 0.00000289. The summed E-state index contributed by atoms with van der Waals surface area (Å²) in [5.74, 6) is 1.73. The van der Waals surface area contributed by atoms with Crippen LogP contribution < -0.4 is 9.64 Å². The van der Waals surface area contributed by atoms with Crippen molar-refractivity contribution >= 4 is 29.3 Å². The van der Waals surface area contributed by atoms with E-state index in [1.165, 1.54) is 22.4 Å². The molecule has 0 saturated carbocycles. The highest BCUT2D eigenvalue weighted by Crippen LogP contribution is 2.35. The van der Waals surface area contributed by atoms with Gasteiger partial charge in [0.25, 0.3) is 0 Å². The molecule has 0 unspecified atom stereocenters. The minimum atomic E-state index is 0. The first kappa shape index (κ1) is 25.0. The van der Waals surface area contributed by atoms with E-state index in [0.29, 0.717) is 0 Å². The summed E-state index contributed by atoms with van der Waals surface area (Å²) in [4.78, 5) is 18.1. The van der Waals surface area contributed by atoms with Crippen molar-refractivity contribution in [3.05, 3.63) is 59.8 Å². The summed E-state index contributed by atoms with van der Waals surface area (Å²) in [5.41, 5.74) is 9.25. The number of benzene rings is 2. The Bertz CT molecular complexity index is 1290. The second-order valence-corrected chi connectivity index (χ2v) is 8.96. The number of fused-ring (bicyclic) bond motifs is 1. The molecule has 1 aliphatic heterocycles. The SMILES string of the molecule is CCc1c(-c2nc3c(-c4ccc(OC)cc4)ccnc3[nH]2)ccc(N2CCN(C)CC2)c1CC.Cl. The van der Waals surface area contributed by atoms with Gasteiger partial charge >= 0.3 is 0 Å². The number of methoxy groups -OCH3 is 1. The van der Waals surface area contributed by atoms with E-state index in [1.807, 2.05) is 24.4 Å². The molecule has 3 heterocycles. The van der Waals surface area contributed by atoms with Gasteiger partial charge < -0.3 is 19.5 Å². The van der Waals surface area contributed by atoms with Crippen molar-refractivity contribution in [3.8, 4) is 28.3 Å². The number of H-pyrrole nitrogens is 1. The second kappa shape index (κ2) is 10.7. The van der Waals surface area contributed by atoms with Crippen molar-refractivity contribution in [2.75, 3.05) is 45.2 Å². The lowest BCUT2D eigenvalue weighted by molar-refractivity contribution is 0.312. The van der Waals surface area contributed by atoms with Crippen LogP contribution in [0.2, 0.25) is 0 Å². The zero-order valence-corrected chi connectivity index (χ0v) is 21.8. The first-order valence-corrected chi connectivity index (χ1v) is 12.2. The smallest absolute Gasteiger partial charge is 0.158 e. The van der Waals surface area contributed by atoms with E-state index in [0.717, 1.165) is 72.9 Å². The third-order valence-corrected chi connectivity index (χ3v) is 7.00. The van der Waals surface area contributed by atoms with Crippen LogP contribution >= 0.6 is 12.4 Å². The molecule has 0 amide bonds. The Morgan fingerprint density at radius 2 is 1.60 bits per heavy atom. The maximum absolute atomic E-state index is 5.32. The molecule has 1 N–H and O–H groups in total. The predicted molar refractivity (Wildman–Crippen MR) is 147 cm³/mol. The number of nitrogens with zero attached hydrogens (tertiary/aromatic N) is 4. The van der Waals surface area contributed by atoms with Gasteiger partial charge in [-0.15, -0.1) is 12.4 Å². The quantitative estimate of drug-likeness (QED) is 0.380. The van der Waals surface area contributed by atoms with Crippen molar-refractivity contribution in [1.29, 1.82) is 0 Å². The number of pyridine rings is 1. The topological polar surface area (TPSA) is 57.3 Å². The van der Waals surface area contributed by atoms with Gasteiger partial charge in [0.15, 0.2) is 5.65 Å². The van der Waals surface area contributed by atoms with Crippen LogP contribution in [0.5, 0.6) is 5.75 Å². The summed E-state index contributed by atoms with van der Waals surface area (Å²) in [6, 6.07) is 14.7. The lowest BCUT2D eigenvalue weighted by Crippen LogP contribution is -2.44. The highest BCUT2D eigenvalue weighted by Gasteiger charge is 2.21. The molecule has 35 heavy (non-hydrogen) atoms.